The molecule has 1 aromatic carbocycles. The van der Waals surface area contributed by atoms with Gasteiger partial charge < -0.3 is 10.5 Å². The summed E-state index contributed by atoms with van der Waals surface area (Å²) in [6.07, 6.45) is 2.62. The maximum atomic E-state index is 5.86. The van der Waals surface area contributed by atoms with E-state index in [1.165, 1.54) is 0 Å². The lowest BCUT2D eigenvalue weighted by molar-refractivity contribution is 0.414. The SMILES string of the molecule is COc1ccc(Cc2nnc3c(N)cccn23)cc1. The topological polar surface area (TPSA) is 65.4 Å². The van der Waals surface area contributed by atoms with Crippen LogP contribution < -0.4 is 10.5 Å². The molecule has 0 bridgehead atoms. The third-order valence-electron chi connectivity index (χ3n) is 3.06. The van der Waals surface area contributed by atoms with Gasteiger partial charge in [-0.05, 0) is 29.8 Å². The normalized spacial score (nSPS) is 10.8. The first-order valence-electron chi connectivity index (χ1n) is 5.99. The van der Waals surface area contributed by atoms with E-state index >= 15 is 0 Å². The molecule has 0 aliphatic rings. The molecule has 3 aromatic rings. The Hall–Kier alpha value is -2.56. The molecule has 0 atom stereocenters. The molecule has 0 unspecified atom stereocenters. The van der Waals surface area contributed by atoms with Gasteiger partial charge in [0.2, 0.25) is 0 Å². The largest absolute Gasteiger partial charge is 0.497 e. The molecule has 2 aromatic heterocycles. The van der Waals surface area contributed by atoms with Crippen molar-refractivity contribution in [1.29, 1.82) is 0 Å². The van der Waals surface area contributed by atoms with Crippen LogP contribution in [0.2, 0.25) is 0 Å². The van der Waals surface area contributed by atoms with Crippen molar-refractivity contribution in [1.82, 2.24) is 14.6 Å². The Morgan fingerprint density at radius 3 is 2.68 bits per heavy atom. The second-order valence-corrected chi connectivity index (χ2v) is 4.30. The van der Waals surface area contributed by atoms with Crippen molar-refractivity contribution >= 4 is 11.3 Å². The lowest BCUT2D eigenvalue weighted by Gasteiger charge is -2.03. The Bertz CT molecular complexity index is 703. The van der Waals surface area contributed by atoms with Crippen molar-refractivity contribution in [2.75, 3.05) is 12.8 Å². The minimum absolute atomic E-state index is 0.635. The summed E-state index contributed by atoms with van der Waals surface area (Å²) >= 11 is 0. The number of nitrogen functional groups attached to an aromatic ring is 1. The predicted molar refractivity (Wildman–Crippen MR) is 73.2 cm³/mol. The lowest BCUT2D eigenvalue weighted by Crippen LogP contribution is -1.98. The zero-order chi connectivity index (χ0) is 13.2. The number of hydrogen-bond acceptors (Lipinski definition) is 4. The zero-order valence-electron chi connectivity index (χ0n) is 10.6. The van der Waals surface area contributed by atoms with Crippen LogP contribution in [0, 0.1) is 0 Å². The first kappa shape index (κ1) is 11.5. The van der Waals surface area contributed by atoms with Gasteiger partial charge in [-0.2, -0.15) is 0 Å². The van der Waals surface area contributed by atoms with E-state index in [0.717, 1.165) is 17.1 Å². The van der Waals surface area contributed by atoms with Crippen LogP contribution >= 0.6 is 0 Å². The Morgan fingerprint density at radius 1 is 1.16 bits per heavy atom. The van der Waals surface area contributed by atoms with E-state index in [0.29, 0.717) is 17.8 Å². The number of anilines is 1. The molecule has 0 saturated carbocycles. The highest BCUT2D eigenvalue weighted by Gasteiger charge is 2.08. The van der Waals surface area contributed by atoms with Gasteiger partial charge in [0, 0.05) is 12.6 Å². The second-order valence-electron chi connectivity index (χ2n) is 4.30. The van der Waals surface area contributed by atoms with Crippen molar-refractivity contribution in [3.63, 3.8) is 0 Å². The Balaban J connectivity index is 1.94. The highest BCUT2D eigenvalue weighted by Crippen LogP contribution is 2.16. The fourth-order valence-electron chi connectivity index (χ4n) is 2.03. The maximum Gasteiger partial charge on any atom is 0.183 e. The number of methoxy groups -OCH3 is 1. The number of ether oxygens (including phenoxy) is 1. The molecule has 5 nitrogen and oxygen atoms in total. The summed E-state index contributed by atoms with van der Waals surface area (Å²) in [5, 5.41) is 8.31. The van der Waals surface area contributed by atoms with E-state index in [9.17, 15) is 0 Å². The van der Waals surface area contributed by atoms with Gasteiger partial charge in [-0.1, -0.05) is 12.1 Å². The van der Waals surface area contributed by atoms with Gasteiger partial charge >= 0.3 is 0 Å². The summed E-state index contributed by atoms with van der Waals surface area (Å²) in [5.74, 6) is 1.71. The Labute approximate surface area is 110 Å². The molecule has 2 heterocycles. The van der Waals surface area contributed by atoms with Gasteiger partial charge in [-0.15, -0.1) is 10.2 Å². The van der Waals surface area contributed by atoms with Crippen molar-refractivity contribution in [2.24, 2.45) is 0 Å². The van der Waals surface area contributed by atoms with Gasteiger partial charge in [-0.25, -0.2) is 0 Å². The van der Waals surface area contributed by atoms with Gasteiger partial charge in [0.25, 0.3) is 0 Å². The van der Waals surface area contributed by atoms with E-state index in [2.05, 4.69) is 10.2 Å². The average Bonchev–Trinajstić information content (AvgIpc) is 2.84. The van der Waals surface area contributed by atoms with E-state index in [1.54, 1.807) is 7.11 Å². The summed E-state index contributed by atoms with van der Waals surface area (Å²) in [7, 11) is 1.66. The van der Waals surface area contributed by atoms with E-state index < -0.39 is 0 Å². The molecule has 5 heteroatoms. The van der Waals surface area contributed by atoms with Crippen LogP contribution in [-0.2, 0) is 6.42 Å². The van der Waals surface area contributed by atoms with Crippen molar-refractivity contribution in [2.45, 2.75) is 6.42 Å². The standard InChI is InChI=1S/C14H14N4O/c1-19-11-6-4-10(5-7-11)9-13-16-17-14-12(15)3-2-8-18(13)14/h2-8H,9,15H2,1H3. The summed E-state index contributed by atoms with van der Waals surface area (Å²) in [5.41, 5.74) is 8.35. The Morgan fingerprint density at radius 2 is 1.95 bits per heavy atom. The molecule has 0 radical (unpaired) electrons. The van der Waals surface area contributed by atoms with Crippen LogP contribution in [0.15, 0.2) is 42.6 Å². The van der Waals surface area contributed by atoms with Crippen molar-refractivity contribution in [3.8, 4) is 5.75 Å². The first-order valence-corrected chi connectivity index (χ1v) is 5.99. The van der Waals surface area contributed by atoms with Crippen LogP contribution in [0.1, 0.15) is 11.4 Å². The van der Waals surface area contributed by atoms with Gasteiger partial charge in [0.05, 0.1) is 12.8 Å². The van der Waals surface area contributed by atoms with Gasteiger partial charge in [0.15, 0.2) is 5.65 Å². The first-order chi connectivity index (χ1) is 9.28. The number of rotatable bonds is 3. The van der Waals surface area contributed by atoms with Gasteiger partial charge in [-0.3, -0.25) is 4.40 Å². The average molecular weight is 254 g/mol. The summed E-state index contributed by atoms with van der Waals surface area (Å²) in [4.78, 5) is 0. The molecular weight excluding hydrogens is 240 g/mol. The third-order valence-corrected chi connectivity index (χ3v) is 3.06. The lowest BCUT2D eigenvalue weighted by atomic mass is 10.1. The summed E-state index contributed by atoms with van der Waals surface area (Å²) in [6.45, 7) is 0. The molecular formula is C14H14N4O. The molecule has 0 amide bonds. The highest BCUT2D eigenvalue weighted by molar-refractivity contribution is 5.63. The minimum atomic E-state index is 0.635. The summed E-state index contributed by atoms with van der Waals surface area (Å²) in [6, 6.07) is 11.6. The van der Waals surface area contributed by atoms with Crippen molar-refractivity contribution in [3.05, 3.63) is 54.0 Å². The molecule has 0 saturated heterocycles. The molecule has 2 N–H and O–H groups in total. The number of fused-ring (bicyclic) bond motifs is 1. The third kappa shape index (κ3) is 2.10. The van der Waals surface area contributed by atoms with Crippen LogP contribution in [0.5, 0.6) is 5.75 Å². The number of hydrogen-bond donors (Lipinski definition) is 1. The number of pyridine rings is 1. The number of nitrogens with two attached hydrogens (primary N) is 1. The fraction of sp³-hybridized carbons (Fsp3) is 0.143. The number of nitrogens with zero attached hydrogens (tertiary/aromatic N) is 3. The van der Waals surface area contributed by atoms with Gasteiger partial charge in [0.1, 0.15) is 11.6 Å². The van der Waals surface area contributed by atoms with Crippen LogP contribution in [0.3, 0.4) is 0 Å². The monoisotopic (exact) mass is 254 g/mol. The second kappa shape index (κ2) is 4.61. The van der Waals surface area contributed by atoms with Crippen LogP contribution in [-0.4, -0.2) is 21.7 Å². The summed E-state index contributed by atoms with van der Waals surface area (Å²) < 4.78 is 7.06. The minimum Gasteiger partial charge on any atom is -0.497 e. The molecule has 0 aliphatic heterocycles. The predicted octanol–water partition coefficient (Wildman–Crippen LogP) is 1.91. The highest BCUT2D eigenvalue weighted by atomic mass is 16.5. The molecule has 3 rings (SSSR count). The molecule has 0 spiro atoms. The molecule has 0 fully saturated rings. The Kier molecular flexibility index (Phi) is 2.79. The number of aromatic nitrogens is 3. The van der Waals surface area contributed by atoms with Crippen LogP contribution in [0.4, 0.5) is 5.69 Å². The van der Waals surface area contributed by atoms with E-state index in [1.807, 2.05) is 47.0 Å². The molecule has 19 heavy (non-hydrogen) atoms. The number of benzene rings is 1. The molecule has 0 aliphatic carbocycles. The fourth-order valence-corrected chi connectivity index (χ4v) is 2.03. The zero-order valence-corrected chi connectivity index (χ0v) is 10.6. The van der Waals surface area contributed by atoms with Crippen molar-refractivity contribution < 1.29 is 4.74 Å². The maximum absolute atomic E-state index is 5.86. The quantitative estimate of drug-likeness (QED) is 0.775. The smallest absolute Gasteiger partial charge is 0.183 e. The van der Waals surface area contributed by atoms with Crippen LogP contribution in [0.25, 0.3) is 5.65 Å². The van der Waals surface area contributed by atoms with E-state index in [-0.39, 0.29) is 0 Å². The molecule has 96 valence electrons. The van der Waals surface area contributed by atoms with E-state index in [4.69, 9.17) is 10.5 Å².